The fourth-order valence-electron chi connectivity index (χ4n) is 2.90. The van der Waals surface area contributed by atoms with Gasteiger partial charge in [-0.15, -0.1) is 0 Å². The number of carbonyl (C=O) groups excluding carboxylic acids is 1. The molecule has 0 atom stereocenters. The van der Waals surface area contributed by atoms with Crippen molar-refractivity contribution in [1.29, 1.82) is 0 Å². The Morgan fingerprint density at radius 3 is 2.78 bits per heavy atom. The van der Waals surface area contributed by atoms with Gasteiger partial charge < -0.3 is 9.30 Å². The van der Waals surface area contributed by atoms with Crippen molar-refractivity contribution in [2.75, 3.05) is 6.61 Å². The van der Waals surface area contributed by atoms with Crippen LogP contribution in [0.25, 0.3) is 11.4 Å². The van der Waals surface area contributed by atoms with Crippen molar-refractivity contribution in [3.8, 4) is 11.4 Å². The topological polar surface area (TPSA) is 44.1 Å². The fraction of sp³-hybridized carbons (Fsp3) is 0.333. The van der Waals surface area contributed by atoms with Gasteiger partial charge in [0.15, 0.2) is 5.69 Å². The Balaban J connectivity index is 2.01. The first kappa shape index (κ1) is 15.8. The van der Waals surface area contributed by atoms with E-state index in [0.29, 0.717) is 10.7 Å². The first-order valence-electron chi connectivity index (χ1n) is 7.82. The number of aromatic nitrogens is 2. The van der Waals surface area contributed by atoms with Crippen molar-refractivity contribution in [3.63, 3.8) is 0 Å². The van der Waals surface area contributed by atoms with E-state index in [-0.39, 0.29) is 6.61 Å². The van der Waals surface area contributed by atoms with Crippen LogP contribution in [0, 0.1) is 0 Å². The van der Waals surface area contributed by atoms with Gasteiger partial charge in [0.25, 0.3) is 0 Å². The molecule has 120 valence electrons. The molecular formula is C18H19ClN2O2. The molecule has 0 unspecified atom stereocenters. The number of hydrogen-bond acceptors (Lipinski definition) is 3. The van der Waals surface area contributed by atoms with Gasteiger partial charge in [-0.3, -0.25) is 0 Å². The first-order valence-corrected chi connectivity index (χ1v) is 8.20. The minimum absolute atomic E-state index is 0.00730. The van der Waals surface area contributed by atoms with Gasteiger partial charge in [0.1, 0.15) is 12.4 Å². The van der Waals surface area contributed by atoms with E-state index in [2.05, 4.69) is 16.1 Å². The van der Waals surface area contributed by atoms with Gasteiger partial charge >= 0.3 is 5.97 Å². The summed E-state index contributed by atoms with van der Waals surface area (Å²) in [6.45, 7) is 4.42. The number of ether oxygens (including phenoxy) is 1. The van der Waals surface area contributed by atoms with E-state index < -0.39 is 5.97 Å². The van der Waals surface area contributed by atoms with E-state index in [0.717, 1.165) is 49.3 Å². The molecule has 4 nitrogen and oxygen atoms in total. The molecule has 0 N–H and O–H groups in total. The zero-order chi connectivity index (χ0) is 16.2. The second-order valence-electron chi connectivity index (χ2n) is 5.65. The van der Waals surface area contributed by atoms with Crippen molar-refractivity contribution in [2.45, 2.75) is 32.2 Å². The average molecular weight is 331 g/mol. The number of nitrogens with zero attached hydrogens (tertiary/aromatic N) is 2. The summed E-state index contributed by atoms with van der Waals surface area (Å²) in [6, 6.07) is 9.94. The Labute approximate surface area is 140 Å². The van der Waals surface area contributed by atoms with E-state index in [1.165, 1.54) is 0 Å². The zero-order valence-electron chi connectivity index (χ0n) is 12.9. The Morgan fingerprint density at radius 2 is 2.04 bits per heavy atom. The first-order chi connectivity index (χ1) is 11.2. The molecule has 1 aliphatic rings. The van der Waals surface area contributed by atoms with Crippen LogP contribution in [0.3, 0.4) is 0 Å². The highest BCUT2D eigenvalue weighted by molar-refractivity contribution is 6.29. The van der Waals surface area contributed by atoms with E-state index in [1.54, 1.807) is 0 Å². The lowest BCUT2D eigenvalue weighted by molar-refractivity contribution is 0.0538. The standard InChI is InChI=1S/C18H19ClN2O2/c1-13(19)12-23-18(22)16-15-10-6-3-7-11-21(15)17(20-16)14-8-4-2-5-9-14/h2,4-5,8-9H,1,3,6-7,10-12H2. The number of imidazole rings is 1. The number of halogens is 1. The Kier molecular flexibility index (Phi) is 4.82. The van der Waals surface area contributed by atoms with Gasteiger partial charge in [-0.1, -0.05) is 54.9 Å². The average Bonchev–Trinajstić information content (AvgIpc) is 2.75. The summed E-state index contributed by atoms with van der Waals surface area (Å²) in [5.41, 5.74) is 2.38. The second kappa shape index (κ2) is 7.01. The molecule has 0 aliphatic carbocycles. The number of fused-ring (bicyclic) bond motifs is 1. The van der Waals surface area contributed by atoms with Crippen LogP contribution in [0.5, 0.6) is 0 Å². The summed E-state index contributed by atoms with van der Waals surface area (Å²) in [5.74, 6) is 0.402. The third-order valence-electron chi connectivity index (χ3n) is 3.95. The number of carbonyl (C=O) groups is 1. The van der Waals surface area contributed by atoms with Crippen LogP contribution >= 0.6 is 11.6 Å². The van der Waals surface area contributed by atoms with Crippen LogP contribution in [-0.2, 0) is 17.7 Å². The molecule has 0 fully saturated rings. The molecule has 2 aromatic rings. The molecule has 1 aliphatic heterocycles. The van der Waals surface area contributed by atoms with Crippen LogP contribution in [0.4, 0.5) is 0 Å². The highest BCUT2D eigenvalue weighted by atomic mass is 35.5. The largest absolute Gasteiger partial charge is 0.455 e. The molecule has 5 heteroatoms. The highest BCUT2D eigenvalue weighted by Gasteiger charge is 2.25. The lowest BCUT2D eigenvalue weighted by atomic mass is 10.1. The molecule has 3 rings (SSSR count). The minimum atomic E-state index is -0.431. The summed E-state index contributed by atoms with van der Waals surface area (Å²) < 4.78 is 7.36. The van der Waals surface area contributed by atoms with Gasteiger partial charge in [0.05, 0.1) is 5.69 Å². The SMILES string of the molecule is C=C(Cl)COC(=O)c1nc(-c2ccccc2)n2c1CCCCC2. The lowest BCUT2D eigenvalue weighted by Gasteiger charge is -2.08. The maximum Gasteiger partial charge on any atom is 0.359 e. The predicted molar refractivity (Wildman–Crippen MR) is 90.5 cm³/mol. The van der Waals surface area contributed by atoms with Gasteiger partial charge in [-0.05, 0) is 19.3 Å². The third-order valence-corrected chi connectivity index (χ3v) is 4.06. The molecule has 0 saturated heterocycles. The van der Waals surface area contributed by atoms with Crippen LogP contribution in [0.15, 0.2) is 41.9 Å². The maximum atomic E-state index is 12.4. The molecule has 0 amide bonds. The van der Waals surface area contributed by atoms with Crippen molar-refractivity contribution >= 4 is 17.6 Å². The number of hydrogen-bond donors (Lipinski definition) is 0. The molecule has 0 spiro atoms. The van der Waals surface area contributed by atoms with Crippen molar-refractivity contribution in [3.05, 3.63) is 53.3 Å². The van der Waals surface area contributed by atoms with Gasteiger partial charge in [0, 0.05) is 17.1 Å². The van der Waals surface area contributed by atoms with E-state index in [1.807, 2.05) is 30.3 Å². The van der Waals surface area contributed by atoms with Crippen LogP contribution in [0.2, 0.25) is 0 Å². The summed E-state index contributed by atoms with van der Waals surface area (Å²) in [7, 11) is 0. The van der Waals surface area contributed by atoms with Crippen LogP contribution in [0.1, 0.15) is 35.4 Å². The van der Waals surface area contributed by atoms with Crippen molar-refractivity contribution in [2.24, 2.45) is 0 Å². The monoisotopic (exact) mass is 330 g/mol. The maximum absolute atomic E-state index is 12.4. The van der Waals surface area contributed by atoms with E-state index in [9.17, 15) is 4.79 Å². The van der Waals surface area contributed by atoms with E-state index in [4.69, 9.17) is 16.3 Å². The Bertz CT molecular complexity index is 722. The molecule has 2 heterocycles. The molecule has 0 bridgehead atoms. The van der Waals surface area contributed by atoms with Crippen molar-refractivity contribution < 1.29 is 9.53 Å². The van der Waals surface area contributed by atoms with Gasteiger partial charge in [-0.25, -0.2) is 9.78 Å². The van der Waals surface area contributed by atoms with Gasteiger partial charge in [0.2, 0.25) is 0 Å². The smallest absolute Gasteiger partial charge is 0.359 e. The Hall–Kier alpha value is -2.07. The summed E-state index contributed by atoms with van der Waals surface area (Å²) in [4.78, 5) is 17.0. The molecule has 0 radical (unpaired) electrons. The molecule has 0 saturated carbocycles. The number of esters is 1. The predicted octanol–water partition coefficient (Wildman–Crippen LogP) is 4.19. The molecule has 1 aromatic heterocycles. The van der Waals surface area contributed by atoms with Crippen LogP contribution in [-0.4, -0.2) is 22.1 Å². The quantitative estimate of drug-likeness (QED) is 0.790. The second-order valence-corrected chi connectivity index (χ2v) is 6.19. The summed E-state index contributed by atoms with van der Waals surface area (Å²) in [5, 5.41) is 0.298. The Morgan fingerprint density at radius 1 is 1.26 bits per heavy atom. The zero-order valence-corrected chi connectivity index (χ0v) is 13.7. The molecular weight excluding hydrogens is 312 g/mol. The summed E-state index contributed by atoms with van der Waals surface area (Å²) in [6.07, 6.45) is 4.15. The number of rotatable bonds is 4. The van der Waals surface area contributed by atoms with Crippen molar-refractivity contribution in [1.82, 2.24) is 9.55 Å². The normalized spacial score (nSPS) is 14.0. The van der Waals surface area contributed by atoms with Gasteiger partial charge in [-0.2, -0.15) is 0 Å². The minimum Gasteiger partial charge on any atom is -0.455 e. The number of benzene rings is 1. The lowest BCUT2D eigenvalue weighted by Crippen LogP contribution is -2.11. The van der Waals surface area contributed by atoms with Crippen LogP contribution < -0.4 is 0 Å². The summed E-state index contributed by atoms with van der Waals surface area (Å²) >= 11 is 5.68. The van der Waals surface area contributed by atoms with E-state index >= 15 is 0 Å². The molecule has 1 aromatic carbocycles. The third kappa shape index (κ3) is 3.48. The fourth-order valence-corrected chi connectivity index (χ4v) is 2.96. The molecule has 23 heavy (non-hydrogen) atoms. The highest BCUT2D eigenvalue weighted by Crippen LogP contribution is 2.27.